The summed E-state index contributed by atoms with van der Waals surface area (Å²) in [7, 11) is 0. The summed E-state index contributed by atoms with van der Waals surface area (Å²) >= 11 is 0. The van der Waals surface area contributed by atoms with E-state index in [4.69, 9.17) is 9.97 Å². The molecule has 4 aliphatic heterocycles. The number of hydrogen-bond acceptors (Lipinski definition) is 6. The first kappa shape index (κ1) is 44.2. The molecule has 6 amide bonds. The molecule has 4 atom stereocenters. The third kappa shape index (κ3) is 9.60. The number of likely N-dealkylation sites (tertiary alicyclic amines) is 4. The van der Waals surface area contributed by atoms with Gasteiger partial charge in [-0.2, -0.15) is 0 Å². The van der Waals surface area contributed by atoms with Crippen molar-refractivity contribution in [3.05, 3.63) is 155 Å². The van der Waals surface area contributed by atoms with Crippen LogP contribution in [0.4, 0.5) is 9.59 Å². The fraction of sp³-hybridized carbons (Fsp3) is 0.333. The monoisotopic (exact) mass is 908 g/mol. The zero-order valence-electron chi connectivity index (χ0n) is 38.1. The number of amides is 6. The molecule has 0 spiro atoms. The van der Waals surface area contributed by atoms with Crippen LogP contribution in [0.1, 0.15) is 109 Å². The topological polar surface area (TPSA) is 163 Å². The SMILES string of the molecule is O=C(NC(C(=O)N1CCCC1c1ncc(-c2ccc(C#Cc3ccc(-c4cnc(C5CCCN5C(=O)C(NC(=O)N5CCCC5)c5ccccc5)[nH]4)cc3)cc2)[nH]1)c1ccccc1)N1CCCC1. The number of rotatable bonds is 10. The van der Waals surface area contributed by atoms with Crippen molar-refractivity contribution in [2.24, 2.45) is 0 Å². The quantitative estimate of drug-likeness (QED) is 0.101. The van der Waals surface area contributed by atoms with Gasteiger partial charge in [0.05, 0.1) is 35.9 Å². The summed E-state index contributed by atoms with van der Waals surface area (Å²) < 4.78 is 0. The molecule has 14 heteroatoms. The van der Waals surface area contributed by atoms with E-state index in [1.165, 1.54) is 0 Å². The largest absolute Gasteiger partial charge is 0.340 e. The number of carbonyl (C=O) groups excluding carboxylic acids is 4. The third-order valence-corrected chi connectivity index (χ3v) is 13.7. The van der Waals surface area contributed by atoms with Gasteiger partial charge in [-0.1, -0.05) is 96.8 Å². The lowest BCUT2D eigenvalue weighted by atomic mass is 10.0. The molecule has 0 aliphatic carbocycles. The molecule has 2 aromatic heterocycles. The number of aromatic amines is 2. The molecule has 0 bridgehead atoms. The van der Waals surface area contributed by atoms with Gasteiger partial charge in [-0.05, 0) is 97.9 Å². The number of H-pyrrole nitrogens is 2. The second-order valence-electron chi connectivity index (χ2n) is 18.1. The van der Waals surface area contributed by atoms with Crippen LogP contribution in [-0.4, -0.2) is 103 Å². The van der Waals surface area contributed by atoms with Gasteiger partial charge in [0.1, 0.15) is 23.7 Å². The van der Waals surface area contributed by atoms with Gasteiger partial charge in [0.25, 0.3) is 0 Å². The highest BCUT2D eigenvalue weighted by atomic mass is 16.2. The van der Waals surface area contributed by atoms with Crippen LogP contribution in [0, 0.1) is 11.8 Å². The van der Waals surface area contributed by atoms with Crippen molar-refractivity contribution in [1.82, 2.24) is 50.2 Å². The highest BCUT2D eigenvalue weighted by Gasteiger charge is 2.39. The predicted molar refractivity (Wildman–Crippen MR) is 258 cm³/mol. The predicted octanol–water partition coefficient (Wildman–Crippen LogP) is 8.29. The maximum absolute atomic E-state index is 14.2. The van der Waals surface area contributed by atoms with Crippen molar-refractivity contribution in [3.8, 4) is 34.4 Å². The van der Waals surface area contributed by atoms with Crippen LogP contribution in [-0.2, 0) is 9.59 Å². The minimum Gasteiger partial charge on any atom is -0.340 e. The van der Waals surface area contributed by atoms with E-state index in [1.54, 1.807) is 9.80 Å². The Hall–Kier alpha value is -7.66. The molecule has 0 radical (unpaired) electrons. The molecule has 346 valence electrons. The molecular weight excluding hydrogens is 853 g/mol. The van der Waals surface area contributed by atoms with Crippen LogP contribution in [0.25, 0.3) is 22.5 Å². The summed E-state index contributed by atoms with van der Waals surface area (Å²) in [6, 6.07) is 32.5. The van der Waals surface area contributed by atoms with E-state index < -0.39 is 12.1 Å². The Morgan fingerprint density at radius 3 is 1.26 bits per heavy atom. The summed E-state index contributed by atoms with van der Waals surface area (Å²) in [6.07, 6.45) is 10.8. The molecule has 0 saturated carbocycles. The number of carbonyl (C=O) groups is 4. The Balaban J connectivity index is 0.771. The average Bonchev–Trinajstić information content (AvgIpc) is 4.24. The Bertz CT molecular complexity index is 2600. The van der Waals surface area contributed by atoms with Crippen LogP contribution in [0.5, 0.6) is 0 Å². The van der Waals surface area contributed by atoms with Crippen molar-refractivity contribution in [2.75, 3.05) is 39.3 Å². The van der Waals surface area contributed by atoms with Gasteiger partial charge >= 0.3 is 12.1 Å². The summed E-state index contributed by atoms with van der Waals surface area (Å²) in [5, 5.41) is 6.10. The number of urea groups is 2. The fourth-order valence-corrected chi connectivity index (χ4v) is 10.0. The van der Waals surface area contributed by atoms with Crippen molar-refractivity contribution in [2.45, 2.75) is 75.5 Å². The normalized spacial score (nSPS) is 18.8. The van der Waals surface area contributed by atoms with Gasteiger partial charge in [-0.15, -0.1) is 0 Å². The van der Waals surface area contributed by atoms with E-state index in [0.29, 0.717) is 39.3 Å². The zero-order valence-corrected chi connectivity index (χ0v) is 38.1. The third-order valence-electron chi connectivity index (χ3n) is 13.7. The van der Waals surface area contributed by atoms with Crippen molar-refractivity contribution < 1.29 is 19.2 Å². The Labute approximate surface area is 396 Å². The van der Waals surface area contributed by atoms with Crippen LogP contribution < -0.4 is 10.6 Å². The van der Waals surface area contributed by atoms with Gasteiger partial charge < -0.3 is 40.2 Å². The second kappa shape index (κ2) is 20.1. The lowest BCUT2D eigenvalue weighted by molar-refractivity contribution is -0.135. The molecule has 6 heterocycles. The molecule has 4 unspecified atom stereocenters. The first-order chi connectivity index (χ1) is 33.4. The lowest BCUT2D eigenvalue weighted by Gasteiger charge is -2.30. The lowest BCUT2D eigenvalue weighted by Crippen LogP contribution is -2.46. The molecular formula is C54H56N10O4. The number of benzene rings is 4. The highest BCUT2D eigenvalue weighted by Crippen LogP contribution is 2.36. The van der Waals surface area contributed by atoms with Crippen LogP contribution in [0.15, 0.2) is 122 Å². The molecule has 4 aliphatic rings. The summed E-state index contributed by atoms with van der Waals surface area (Å²) in [4.78, 5) is 78.6. The summed E-state index contributed by atoms with van der Waals surface area (Å²) in [6.45, 7) is 3.99. The standard InChI is InChI=1S/C54H56N10O4/c65-51(47(41-13-3-1-4-14-41)59-53(67)61-29-7-8-30-61)63-33-11-17-45(63)49-55-35-43(57-49)39-25-21-37(22-26-39)19-20-38-23-27-40(28-24-38)44-36-56-50(58-44)46-18-12-34-64(46)52(66)48(42-15-5-2-6-16-42)60-54(68)62-31-9-10-32-62/h1-6,13-16,21-28,35-36,45-48H,7-12,17-18,29-34H2,(H,55,57)(H,56,58)(H,59,67)(H,60,68). The number of hydrogen-bond donors (Lipinski definition) is 4. The van der Waals surface area contributed by atoms with E-state index in [1.807, 2.05) is 131 Å². The van der Waals surface area contributed by atoms with Crippen molar-refractivity contribution in [1.29, 1.82) is 0 Å². The fourth-order valence-electron chi connectivity index (χ4n) is 10.0. The average molecular weight is 909 g/mol. The number of aromatic nitrogens is 4. The number of nitrogens with zero attached hydrogens (tertiary/aromatic N) is 6. The molecule has 68 heavy (non-hydrogen) atoms. The van der Waals surface area contributed by atoms with E-state index in [0.717, 1.165) is 108 Å². The first-order valence-corrected chi connectivity index (χ1v) is 24.0. The van der Waals surface area contributed by atoms with E-state index in [9.17, 15) is 19.2 Å². The molecule has 4 N–H and O–H groups in total. The van der Waals surface area contributed by atoms with Gasteiger partial charge in [0.15, 0.2) is 0 Å². The molecule has 14 nitrogen and oxygen atoms in total. The molecule has 6 aromatic rings. The minimum absolute atomic E-state index is 0.132. The molecule has 4 fully saturated rings. The second-order valence-corrected chi connectivity index (χ2v) is 18.1. The first-order valence-electron chi connectivity index (χ1n) is 24.0. The number of nitrogens with one attached hydrogen (secondary N) is 4. The highest BCUT2D eigenvalue weighted by molar-refractivity contribution is 5.89. The smallest absolute Gasteiger partial charge is 0.318 e. The Morgan fingerprint density at radius 1 is 0.500 bits per heavy atom. The van der Waals surface area contributed by atoms with Crippen molar-refractivity contribution in [3.63, 3.8) is 0 Å². The van der Waals surface area contributed by atoms with Crippen LogP contribution in [0.3, 0.4) is 0 Å². The van der Waals surface area contributed by atoms with Crippen molar-refractivity contribution >= 4 is 23.9 Å². The van der Waals surface area contributed by atoms with E-state index in [-0.39, 0.29) is 36.0 Å². The maximum Gasteiger partial charge on any atom is 0.318 e. The van der Waals surface area contributed by atoms with Gasteiger partial charge in [0, 0.05) is 50.4 Å². The van der Waals surface area contributed by atoms with Crippen LogP contribution >= 0.6 is 0 Å². The molecule has 10 rings (SSSR count). The van der Waals surface area contributed by atoms with E-state index in [2.05, 4.69) is 32.4 Å². The Morgan fingerprint density at radius 2 is 0.882 bits per heavy atom. The number of imidazole rings is 2. The van der Waals surface area contributed by atoms with Gasteiger partial charge in [-0.3, -0.25) is 9.59 Å². The van der Waals surface area contributed by atoms with E-state index >= 15 is 0 Å². The molecule has 4 saturated heterocycles. The zero-order chi connectivity index (χ0) is 46.4. The van der Waals surface area contributed by atoms with Crippen LogP contribution in [0.2, 0.25) is 0 Å². The van der Waals surface area contributed by atoms with Gasteiger partial charge in [-0.25, -0.2) is 19.6 Å². The summed E-state index contributed by atoms with van der Waals surface area (Å²) in [5.74, 6) is 7.77. The Kier molecular flexibility index (Phi) is 13.0. The maximum atomic E-state index is 14.2. The molecule has 4 aromatic carbocycles. The minimum atomic E-state index is -0.786. The van der Waals surface area contributed by atoms with Gasteiger partial charge in [0.2, 0.25) is 11.8 Å². The summed E-state index contributed by atoms with van der Waals surface area (Å²) in [5.41, 5.74) is 6.87.